The molecule has 0 N–H and O–H groups in total. The van der Waals surface area contributed by atoms with Crippen LogP contribution in [0.1, 0.15) is 18.4 Å². The van der Waals surface area contributed by atoms with Gasteiger partial charge in [0, 0.05) is 56.5 Å². The van der Waals surface area contributed by atoms with Gasteiger partial charge in [0.05, 0.1) is 0 Å². The lowest BCUT2D eigenvalue weighted by Crippen LogP contribution is -2.48. The minimum absolute atomic E-state index is 0.742. The molecular formula is C18H26ClN3O. The lowest BCUT2D eigenvalue weighted by Gasteiger charge is -2.39. The van der Waals surface area contributed by atoms with Gasteiger partial charge in [-0.3, -0.25) is 9.69 Å². The zero-order valence-corrected chi connectivity index (χ0v) is 14.6. The lowest BCUT2D eigenvalue weighted by molar-refractivity contribution is -0.119. The Balaban J connectivity index is 1.47. The van der Waals surface area contributed by atoms with E-state index in [4.69, 9.17) is 11.6 Å². The number of piperazine rings is 1. The van der Waals surface area contributed by atoms with E-state index in [-0.39, 0.29) is 0 Å². The summed E-state index contributed by atoms with van der Waals surface area (Å²) in [7, 11) is 0. The van der Waals surface area contributed by atoms with Gasteiger partial charge in [0.25, 0.3) is 0 Å². The number of benzene rings is 1. The predicted octanol–water partition coefficient (Wildman–Crippen LogP) is 2.64. The molecule has 0 saturated carbocycles. The fourth-order valence-electron chi connectivity index (χ4n) is 3.57. The molecule has 0 spiro atoms. The van der Waals surface area contributed by atoms with Crippen LogP contribution in [0.4, 0.5) is 5.69 Å². The first-order valence-corrected chi connectivity index (χ1v) is 8.96. The molecule has 1 aromatic rings. The molecule has 126 valence electrons. The molecule has 0 bridgehead atoms. The largest absolute Gasteiger partial charge is 0.369 e. The molecule has 3 rings (SSSR count). The Labute approximate surface area is 144 Å². The fraction of sp³-hybridized carbons (Fsp3) is 0.611. The highest BCUT2D eigenvalue weighted by molar-refractivity contribution is 6.31. The number of amides is 1. The van der Waals surface area contributed by atoms with E-state index in [2.05, 4.69) is 28.0 Å². The van der Waals surface area contributed by atoms with Crippen molar-refractivity contribution in [2.75, 3.05) is 50.7 Å². The topological polar surface area (TPSA) is 26.8 Å². The van der Waals surface area contributed by atoms with Crippen LogP contribution in [-0.4, -0.2) is 62.0 Å². The van der Waals surface area contributed by atoms with Crippen LogP contribution in [0.5, 0.6) is 0 Å². The molecule has 0 unspecified atom stereocenters. The Morgan fingerprint density at radius 3 is 2.43 bits per heavy atom. The van der Waals surface area contributed by atoms with Crippen LogP contribution in [0.2, 0.25) is 5.02 Å². The first-order chi connectivity index (χ1) is 11.2. The Bertz CT molecular complexity index is 535. The molecule has 0 atom stereocenters. The second-order valence-corrected chi connectivity index (χ2v) is 7.21. The van der Waals surface area contributed by atoms with Gasteiger partial charge in [-0.15, -0.1) is 0 Å². The molecule has 23 heavy (non-hydrogen) atoms. The average molecular weight is 336 g/mol. The summed E-state index contributed by atoms with van der Waals surface area (Å²) in [6.45, 7) is 9.42. The summed E-state index contributed by atoms with van der Waals surface area (Å²) in [4.78, 5) is 17.7. The highest BCUT2D eigenvalue weighted by Crippen LogP contribution is 2.25. The Morgan fingerprint density at radius 2 is 1.83 bits per heavy atom. The first-order valence-electron chi connectivity index (χ1n) is 8.58. The number of likely N-dealkylation sites (tertiary alicyclic amines) is 1. The Hall–Kier alpha value is -1.26. The minimum atomic E-state index is 0.742. The van der Waals surface area contributed by atoms with Crippen molar-refractivity contribution in [3.05, 3.63) is 28.8 Å². The van der Waals surface area contributed by atoms with Crippen molar-refractivity contribution in [1.29, 1.82) is 0 Å². The number of aryl methyl sites for hydroxylation is 1. The van der Waals surface area contributed by atoms with Crippen LogP contribution in [0.3, 0.4) is 0 Å². The van der Waals surface area contributed by atoms with Gasteiger partial charge < -0.3 is 9.80 Å². The van der Waals surface area contributed by atoms with Gasteiger partial charge in [-0.2, -0.15) is 0 Å². The van der Waals surface area contributed by atoms with Gasteiger partial charge in [0.15, 0.2) is 0 Å². The quantitative estimate of drug-likeness (QED) is 0.791. The molecule has 2 aliphatic rings. The van der Waals surface area contributed by atoms with E-state index in [0.717, 1.165) is 75.0 Å². The standard InChI is InChI=1S/C18H26ClN3O/c1-15-2-3-17(12-18(15)19)22-10-8-20(9-11-22)13-16-4-6-21(14-23)7-5-16/h2-3,12,14,16H,4-11,13H2,1H3. The van der Waals surface area contributed by atoms with Crippen LogP contribution in [-0.2, 0) is 4.79 Å². The lowest BCUT2D eigenvalue weighted by atomic mass is 9.96. The maximum absolute atomic E-state index is 10.8. The number of anilines is 1. The summed E-state index contributed by atoms with van der Waals surface area (Å²) in [6.07, 6.45) is 3.28. The van der Waals surface area contributed by atoms with Crippen LogP contribution in [0.25, 0.3) is 0 Å². The number of nitrogens with zero attached hydrogens (tertiary/aromatic N) is 3. The molecule has 0 aromatic heterocycles. The van der Waals surface area contributed by atoms with Gasteiger partial charge in [-0.1, -0.05) is 17.7 Å². The summed E-state index contributed by atoms with van der Waals surface area (Å²) in [5.41, 5.74) is 2.37. The number of hydrogen-bond donors (Lipinski definition) is 0. The normalized spacial score (nSPS) is 20.8. The van der Waals surface area contributed by atoms with Crippen molar-refractivity contribution >= 4 is 23.7 Å². The van der Waals surface area contributed by atoms with Crippen molar-refractivity contribution in [2.24, 2.45) is 5.92 Å². The van der Waals surface area contributed by atoms with E-state index in [1.807, 2.05) is 11.8 Å². The van der Waals surface area contributed by atoms with Crippen molar-refractivity contribution in [3.8, 4) is 0 Å². The number of hydrogen-bond acceptors (Lipinski definition) is 3. The zero-order chi connectivity index (χ0) is 16.2. The van der Waals surface area contributed by atoms with Crippen molar-refractivity contribution < 1.29 is 4.79 Å². The fourth-order valence-corrected chi connectivity index (χ4v) is 3.75. The molecule has 2 heterocycles. The Morgan fingerprint density at radius 1 is 1.13 bits per heavy atom. The van der Waals surface area contributed by atoms with Crippen LogP contribution in [0, 0.1) is 12.8 Å². The second kappa shape index (κ2) is 7.54. The monoisotopic (exact) mass is 335 g/mol. The molecule has 5 heteroatoms. The molecule has 2 fully saturated rings. The summed E-state index contributed by atoms with van der Waals surface area (Å²) < 4.78 is 0. The second-order valence-electron chi connectivity index (χ2n) is 6.81. The third-order valence-corrected chi connectivity index (χ3v) is 5.61. The SMILES string of the molecule is Cc1ccc(N2CCN(CC3CCN(C=O)CC3)CC2)cc1Cl. The maximum Gasteiger partial charge on any atom is 0.209 e. The summed E-state index contributed by atoms with van der Waals surface area (Å²) >= 11 is 6.25. The number of carbonyl (C=O) groups excluding carboxylic acids is 1. The molecule has 2 saturated heterocycles. The highest BCUT2D eigenvalue weighted by atomic mass is 35.5. The maximum atomic E-state index is 10.8. The third kappa shape index (κ3) is 4.18. The molecule has 0 aliphatic carbocycles. The number of piperidine rings is 1. The van der Waals surface area contributed by atoms with Gasteiger partial charge in [0.2, 0.25) is 6.41 Å². The Kier molecular flexibility index (Phi) is 5.44. The van der Waals surface area contributed by atoms with E-state index in [1.165, 1.54) is 12.2 Å². The van der Waals surface area contributed by atoms with E-state index in [0.29, 0.717) is 0 Å². The summed E-state index contributed by atoms with van der Waals surface area (Å²) in [5.74, 6) is 0.742. The van der Waals surface area contributed by atoms with Crippen molar-refractivity contribution in [3.63, 3.8) is 0 Å². The molecule has 0 radical (unpaired) electrons. The van der Waals surface area contributed by atoms with Gasteiger partial charge in [0.1, 0.15) is 0 Å². The van der Waals surface area contributed by atoms with E-state index in [1.54, 1.807) is 0 Å². The van der Waals surface area contributed by atoms with E-state index in [9.17, 15) is 4.79 Å². The molecule has 1 amide bonds. The molecule has 2 aliphatic heterocycles. The molecule has 4 nitrogen and oxygen atoms in total. The first kappa shape index (κ1) is 16.6. The van der Waals surface area contributed by atoms with Crippen molar-refractivity contribution in [1.82, 2.24) is 9.80 Å². The average Bonchev–Trinajstić information content (AvgIpc) is 2.59. The number of carbonyl (C=O) groups is 1. The number of halogens is 1. The van der Waals surface area contributed by atoms with Crippen LogP contribution in [0.15, 0.2) is 18.2 Å². The molecule has 1 aromatic carbocycles. The van der Waals surface area contributed by atoms with Crippen LogP contribution >= 0.6 is 11.6 Å². The zero-order valence-electron chi connectivity index (χ0n) is 13.9. The van der Waals surface area contributed by atoms with Crippen molar-refractivity contribution in [2.45, 2.75) is 19.8 Å². The smallest absolute Gasteiger partial charge is 0.209 e. The summed E-state index contributed by atoms with van der Waals surface area (Å²) in [5, 5.41) is 0.854. The third-order valence-electron chi connectivity index (χ3n) is 5.21. The number of rotatable bonds is 4. The minimum Gasteiger partial charge on any atom is -0.369 e. The van der Waals surface area contributed by atoms with Crippen LogP contribution < -0.4 is 4.90 Å². The highest BCUT2D eigenvalue weighted by Gasteiger charge is 2.23. The van der Waals surface area contributed by atoms with E-state index < -0.39 is 0 Å². The summed E-state index contributed by atoms with van der Waals surface area (Å²) in [6, 6.07) is 6.36. The molecular weight excluding hydrogens is 310 g/mol. The predicted molar refractivity (Wildman–Crippen MR) is 95.2 cm³/mol. The van der Waals surface area contributed by atoms with E-state index >= 15 is 0 Å². The van der Waals surface area contributed by atoms with Gasteiger partial charge in [-0.25, -0.2) is 0 Å². The van der Waals surface area contributed by atoms with Gasteiger partial charge in [-0.05, 0) is 43.4 Å². The van der Waals surface area contributed by atoms with Gasteiger partial charge >= 0.3 is 0 Å².